The molecule has 0 aromatic carbocycles. The molecule has 0 spiro atoms. The molecular formula is C15H21NOS. The Labute approximate surface area is 114 Å². The second kappa shape index (κ2) is 9.73. The molecule has 0 radical (unpaired) electrons. The van der Waals surface area contributed by atoms with Crippen LogP contribution in [0.4, 0.5) is 0 Å². The third-order valence-corrected chi connectivity index (χ3v) is 3.50. The van der Waals surface area contributed by atoms with E-state index in [9.17, 15) is 4.79 Å². The standard InChI is InChI=1S/C15H21NOS/c1-2-3-4-5-6-7-8-9-11-16-15(17)14-10-12-18-13-14/h1,10,12-13H,3-9,11H2,(H,16,17). The average Bonchev–Trinajstić information content (AvgIpc) is 2.90. The van der Waals surface area contributed by atoms with Gasteiger partial charge in [0.05, 0.1) is 0 Å². The van der Waals surface area contributed by atoms with Crippen molar-refractivity contribution in [2.45, 2.75) is 44.9 Å². The van der Waals surface area contributed by atoms with Crippen LogP contribution in [0.2, 0.25) is 0 Å². The molecule has 0 fully saturated rings. The van der Waals surface area contributed by atoms with Gasteiger partial charge in [0.2, 0.25) is 0 Å². The number of thiophene rings is 1. The van der Waals surface area contributed by atoms with Crippen molar-refractivity contribution in [2.75, 3.05) is 6.54 Å². The van der Waals surface area contributed by atoms with E-state index in [-0.39, 0.29) is 5.91 Å². The van der Waals surface area contributed by atoms with E-state index in [1.54, 1.807) is 11.3 Å². The molecule has 1 amide bonds. The average molecular weight is 263 g/mol. The lowest BCUT2D eigenvalue weighted by Crippen LogP contribution is -2.23. The molecule has 0 unspecified atom stereocenters. The molecule has 1 rings (SSSR count). The van der Waals surface area contributed by atoms with Crippen LogP contribution in [0.5, 0.6) is 0 Å². The van der Waals surface area contributed by atoms with Crippen molar-refractivity contribution in [1.82, 2.24) is 5.32 Å². The summed E-state index contributed by atoms with van der Waals surface area (Å²) in [5.74, 6) is 2.70. The zero-order valence-corrected chi connectivity index (χ0v) is 11.6. The van der Waals surface area contributed by atoms with Gasteiger partial charge in [0.1, 0.15) is 0 Å². The highest BCUT2D eigenvalue weighted by molar-refractivity contribution is 7.08. The van der Waals surface area contributed by atoms with Crippen LogP contribution in [-0.2, 0) is 0 Å². The van der Waals surface area contributed by atoms with Crippen LogP contribution in [0.1, 0.15) is 55.3 Å². The van der Waals surface area contributed by atoms with Gasteiger partial charge in [0.25, 0.3) is 5.91 Å². The fourth-order valence-corrected chi connectivity index (χ4v) is 2.39. The molecule has 98 valence electrons. The van der Waals surface area contributed by atoms with E-state index in [4.69, 9.17) is 6.42 Å². The number of amides is 1. The van der Waals surface area contributed by atoms with E-state index in [0.29, 0.717) is 0 Å². The predicted octanol–water partition coefficient (Wildman–Crippen LogP) is 3.84. The van der Waals surface area contributed by atoms with Crippen molar-refractivity contribution in [3.63, 3.8) is 0 Å². The van der Waals surface area contributed by atoms with Gasteiger partial charge < -0.3 is 5.32 Å². The highest BCUT2D eigenvalue weighted by atomic mass is 32.1. The Morgan fingerprint density at radius 2 is 1.94 bits per heavy atom. The molecule has 0 bridgehead atoms. The first-order chi connectivity index (χ1) is 8.84. The van der Waals surface area contributed by atoms with Gasteiger partial charge in [-0.25, -0.2) is 0 Å². The molecule has 0 saturated heterocycles. The Hall–Kier alpha value is -1.27. The summed E-state index contributed by atoms with van der Waals surface area (Å²) in [6.07, 6.45) is 13.2. The van der Waals surface area contributed by atoms with Crippen LogP contribution in [0.3, 0.4) is 0 Å². The minimum Gasteiger partial charge on any atom is -0.352 e. The van der Waals surface area contributed by atoms with Crippen molar-refractivity contribution in [3.05, 3.63) is 22.4 Å². The third kappa shape index (κ3) is 6.46. The molecule has 0 aliphatic carbocycles. The minimum atomic E-state index is 0.0465. The first kappa shape index (κ1) is 14.8. The monoisotopic (exact) mass is 263 g/mol. The molecular weight excluding hydrogens is 242 g/mol. The Balaban J connectivity index is 1.90. The maximum absolute atomic E-state index is 11.6. The molecule has 1 N–H and O–H groups in total. The van der Waals surface area contributed by atoms with Crippen LogP contribution in [0.15, 0.2) is 16.8 Å². The summed E-state index contributed by atoms with van der Waals surface area (Å²) in [5.41, 5.74) is 0.772. The Morgan fingerprint density at radius 1 is 1.22 bits per heavy atom. The molecule has 0 saturated carbocycles. The summed E-state index contributed by atoms with van der Waals surface area (Å²) in [6, 6.07) is 1.85. The molecule has 1 aromatic rings. The van der Waals surface area contributed by atoms with Gasteiger partial charge in [0.15, 0.2) is 0 Å². The number of hydrogen-bond donors (Lipinski definition) is 1. The van der Waals surface area contributed by atoms with E-state index >= 15 is 0 Å². The number of unbranched alkanes of at least 4 members (excludes halogenated alkanes) is 6. The van der Waals surface area contributed by atoms with Gasteiger partial charge in [-0.1, -0.05) is 25.7 Å². The Bertz CT molecular complexity index is 364. The van der Waals surface area contributed by atoms with E-state index in [1.807, 2.05) is 16.8 Å². The van der Waals surface area contributed by atoms with Crippen molar-refractivity contribution in [3.8, 4) is 12.3 Å². The van der Waals surface area contributed by atoms with Crippen molar-refractivity contribution in [1.29, 1.82) is 0 Å². The largest absolute Gasteiger partial charge is 0.352 e. The topological polar surface area (TPSA) is 29.1 Å². The van der Waals surface area contributed by atoms with E-state index in [2.05, 4.69) is 11.2 Å². The third-order valence-electron chi connectivity index (χ3n) is 2.82. The number of carbonyl (C=O) groups is 1. The zero-order chi connectivity index (χ0) is 13.1. The predicted molar refractivity (Wildman–Crippen MR) is 77.8 cm³/mol. The highest BCUT2D eigenvalue weighted by Crippen LogP contribution is 2.07. The molecule has 1 heterocycles. The van der Waals surface area contributed by atoms with Gasteiger partial charge in [-0.3, -0.25) is 4.79 Å². The summed E-state index contributed by atoms with van der Waals surface area (Å²) in [4.78, 5) is 11.6. The maximum Gasteiger partial charge on any atom is 0.252 e. The molecule has 18 heavy (non-hydrogen) atoms. The van der Waals surface area contributed by atoms with Gasteiger partial charge >= 0.3 is 0 Å². The Kier molecular flexibility index (Phi) is 7.99. The number of nitrogens with one attached hydrogen (secondary N) is 1. The number of hydrogen-bond acceptors (Lipinski definition) is 2. The summed E-state index contributed by atoms with van der Waals surface area (Å²) < 4.78 is 0. The fourth-order valence-electron chi connectivity index (χ4n) is 1.76. The minimum absolute atomic E-state index is 0.0465. The molecule has 0 aliphatic heterocycles. The summed E-state index contributed by atoms with van der Waals surface area (Å²) >= 11 is 1.55. The van der Waals surface area contributed by atoms with Gasteiger partial charge in [-0.05, 0) is 24.3 Å². The number of carbonyl (C=O) groups excluding carboxylic acids is 1. The smallest absolute Gasteiger partial charge is 0.252 e. The lowest BCUT2D eigenvalue weighted by atomic mass is 10.1. The first-order valence-corrected chi connectivity index (χ1v) is 7.52. The normalized spacial score (nSPS) is 9.94. The lowest BCUT2D eigenvalue weighted by Gasteiger charge is -2.03. The summed E-state index contributed by atoms with van der Waals surface area (Å²) in [7, 11) is 0. The quantitative estimate of drug-likeness (QED) is 0.532. The SMILES string of the molecule is C#CCCCCCCCCNC(=O)c1ccsc1. The second-order valence-corrected chi connectivity index (χ2v) is 5.12. The second-order valence-electron chi connectivity index (χ2n) is 4.34. The maximum atomic E-state index is 11.6. The first-order valence-electron chi connectivity index (χ1n) is 6.58. The number of rotatable bonds is 9. The number of terminal acetylenes is 1. The van der Waals surface area contributed by atoms with E-state index in [0.717, 1.165) is 31.4 Å². The van der Waals surface area contributed by atoms with E-state index < -0.39 is 0 Å². The van der Waals surface area contributed by atoms with E-state index in [1.165, 1.54) is 25.7 Å². The molecule has 2 nitrogen and oxygen atoms in total. The van der Waals surface area contributed by atoms with Crippen LogP contribution in [0.25, 0.3) is 0 Å². The van der Waals surface area contributed by atoms with Crippen molar-refractivity contribution >= 4 is 17.2 Å². The fraction of sp³-hybridized carbons (Fsp3) is 0.533. The van der Waals surface area contributed by atoms with Crippen molar-refractivity contribution in [2.24, 2.45) is 0 Å². The highest BCUT2D eigenvalue weighted by Gasteiger charge is 2.03. The van der Waals surface area contributed by atoms with Crippen LogP contribution in [-0.4, -0.2) is 12.5 Å². The summed E-state index contributed by atoms with van der Waals surface area (Å²) in [5, 5.41) is 6.74. The molecule has 0 atom stereocenters. The van der Waals surface area contributed by atoms with Gasteiger partial charge in [0, 0.05) is 23.9 Å². The van der Waals surface area contributed by atoms with Crippen molar-refractivity contribution < 1.29 is 4.79 Å². The molecule has 3 heteroatoms. The zero-order valence-electron chi connectivity index (χ0n) is 10.8. The van der Waals surface area contributed by atoms with Crippen LogP contribution < -0.4 is 5.32 Å². The lowest BCUT2D eigenvalue weighted by molar-refractivity contribution is 0.0953. The van der Waals surface area contributed by atoms with Crippen LogP contribution in [0, 0.1) is 12.3 Å². The summed E-state index contributed by atoms with van der Waals surface area (Å²) in [6.45, 7) is 0.777. The molecule has 1 aromatic heterocycles. The van der Waals surface area contributed by atoms with Gasteiger partial charge in [-0.2, -0.15) is 11.3 Å². The Morgan fingerprint density at radius 3 is 2.61 bits per heavy atom. The van der Waals surface area contributed by atoms with Crippen LogP contribution >= 0.6 is 11.3 Å². The molecule has 0 aliphatic rings. The van der Waals surface area contributed by atoms with Gasteiger partial charge in [-0.15, -0.1) is 12.3 Å².